The van der Waals surface area contributed by atoms with Crippen LogP contribution in [0.1, 0.15) is 51.7 Å². The Kier molecular flexibility index (Phi) is 10.2. The second kappa shape index (κ2) is 12.6. The molecule has 0 radical (unpaired) electrons. The Labute approximate surface area is 184 Å². The summed E-state index contributed by atoms with van der Waals surface area (Å²) in [6, 6.07) is 12.5. The quantitative estimate of drug-likeness (QED) is 0.261. The van der Waals surface area contributed by atoms with Gasteiger partial charge in [-0.25, -0.2) is 0 Å². The Bertz CT molecular complexity index is 839. The number of carbonyl (C=O) groups is 2. The number of thioether (sulfide) groups is 1. The van der Waals surface area contributed by atoms with Crippen LogP contribution in [0.5, 0.6) is 0 Å². The van der Waals surface area contributed by atoms with Crippen molar-refractivity contribution in [3.05, 3.63) is 42.0 Å². The molecule has 0 saturated heterocycles. The lowest BCUT2D eigenvalue weighted by Gasteiger charge is -2.20. The minimum atomic E-state index is -0.377. The SMILES string of the molecule is CCCCCSc1ccc(C(C)OC(=O)CN(C)CC(=O)OCC)c2ccccc12. The molecule has 0 aliphatic heterocycles. The monoisotopic (exact) mass is 431 g/mol. The van der Waals surface area contributed by atoms with E-state index in [1.165, 1.54) is 29.5 Å². The fraction of sp³-hybridized carbons (Fsp3) is 0.500. The van der Waals surface area contributed by atoms with Crippen molar-refractivity contribution in [2.24, 2.45) is 0 Å². The molecule has 0 amide bonds. The Morgan fingerprint density at radius 2 is 1.70 bits per heavy atom. The summed E-state index contributed by atoms with van der Waals surface area (Å²) in [6.07, 6.45) is 3.31. The van der Waals surface area contributed by atoms with Gasteiger partial charge in [0.2, 0.25) is 0 Å². The highest BCUT2D eigenvalue weighted by atomic mass is 32.2. The van der Waals surface area contributed by atoms with Crippen LogP contribution in [0, 0.1) is 0 Å². The molecule has 0 spiro atoms. The smallest absolute Gasteiger partial charge is 0.320 e. The summed E-state index contributed by atoms with van der Waals surface area (Å²) < 4.78 is 10.6. The predicted octanol–water partition coefficient (Wildman–Crippen LogP) is 5.22. The van der Waals surface area contributed by atoms with Crippen molar-refractivity contribution in [2.75, 3.05) is 32.5 Å². The number of ether oxygens (including phenoxy) is 2. The number of nitrogens with zero attached hydrogens (tertiary/aromatic N) is 1. The molecular weight excluding hydrogens is 398 g/mol. The minimum Gasteiger partial charge on any atom is -0.465 e. The highest BCUT2D eigenvalue weighted by Crippen LogP contribution is 2.34. The van der Waals surface area contributed by atoms with Gasteiger partial charge in [-0.2, -0.15) is 0 Å². The fourth-order valence-corrected chi connectivity index (χ4v) is 4.38. The third-order valence-electron chi connectivity index (χ3n) is 4.77. The predicted molar refractivity (Wildman–Crippen MR) is 123 cm³/mol. The van der Waals surface area contributed by atoms with Crippen molar-refractivity contribution < 1.29 is 19.1 Å². The third kappa shape index (κ3) is 7.33. The molecule has 164 valence electrons. The Morgan fingerprint density at radius 1 is 1.00 bits per heavy atom. The highest BCUT2D eigenvalue weighted by Gasteiger charge is 2.18. The van der Waals surface area contributed by atoms with Gasteiger partial charge in [0, 0.05) is 10.5 Å². The first-order valence-corrected chi connectivity index (χ1v) is 11.6. The lowest BCUT2D eigenvalue weighted by molar-refractivity contribution is -0.151. The molecule has 2 aromatic carbocycles. The van der Waals surface area contributed by atoms with Crippen LogP contribution in [0.3, 0.4) is 0 Å². The van der Waals surface area contributed by atoms with Gasteiger partial charge in [-0.05, 0) is 49.9 Å². The molecule has 6 heteroatoms. The first kappa shape index (κ1) is 24.2. The molecule has 1 atom stereocenters. The van der Waals surface area contributed by atoms with Crippen LogP contribution in [-0.2, 0) is 19.1 Å². The number of fused-ring (bicyclic) bond motifs is 1. The van der Waals surface area contributed by atoms with Gasteiger partial charge in [-0.15, -0.1) is 11.8 Å². The molecule has 2 aromatic rings. The van der Waals surface area contributed by atoms with E-state index in [9.17, 15) is 9.59 Å². The third-order valence-corrected chi connectivity index (χ3v) is 5.93. The molecule has 5 nitrogen and oxygen atoms in total. The summed E-state index contributed by atoms with van der Waals surface area (Å²) in [7, 11) is 1.70. The van der Waals surface area contributed by atoms with Crippen LogP contribution in [0.25, 0.3) is 10.8 Å². The molecule has 0 aliphatic carbocycles. The number of hydrogen-bond donors (Lipinski definition) is 0. The second-order valence-corrected chi connectivity index (χ2v) is 8.50. The van der Waals surface area contributed by atoms with E-state index in [0.717, 1.165) is 16.7 Å². The van der Waals surface area contributed by atoms with Crippen LogP contribution in [0.4, 0.5) is 0 Å². The van der Waals surface area contributed by atoms with Crippen LogP contribution in [0.2, 0.25) is 0 Å². The Morgan fingerprint density at radius 3 is 2.40 bits per heavy atom. The van der Waals surface area contributed by atoms with E-state index in [2.05, 4.69) is 31.2 Å². The molecule has 0 heterocycles. The van der Waals surface area contributed by atoms with Crippen molar-refractivity contribution in [1.29, 1.82) is 0 Å². The molecule has 2 rings (SSSR count). The van der Waals surface area contributed by atoms with E-state index >= 15 is 0 Å². The second-order valence-electron chi connectivity index (χ2n) is 7.36. The number of hydrogen-bond acceptors (Lipinski definition) is 6. The first-order chi connectivity index (χ1) is 14.5. The standard InChI is InChI=1S/C24H33NO4S/c1-5-7-10-15-30-22-14-13-19(20-11-8-9-12-21(20)22)18(3)29-24(27)17-25(4)16-23(26)28-6-2/h8-9,11-14,18H,5-7,10,15-17H2,1-4H3. The van der Waals surface area contributed by atoms with Gasteiger partial charge in [0.05, 0.1) is 19.7 Å². The van der Waals surface area contributed by atoms with Crippen LogP contribution in [-0.4, -0.2) is 49.3 Å². The zero-order chi connectivity index (χ0) is 21.9. The molecule has 0 fully saturated rings. The van der Waals surface area contributed by atoms with Gasteiger partial charge in [0.1, 0.15) is 6.10 Å². The Balaban J connectivity index is 2.05. The molecular formula is C24H33NO4S. The normalized spacial score (nSPS) is 12.2. The molecule has 30 heavy (non-hydrogen) atoms. The van der Waals surface area contributed by atoms with E-state index in [1.807, 2.05) is 30.8 Å². The average Bonchev–Trinajstić information content (AvgIpc) is 2.70. The molecule has 0 saturated carbocycles. The lowest BCUT2D eigenvalue weighted by Crippen LogP contribution is -2.33. The number of unbranched alkanes of at least 4 members (excludes halogenated alkanes) is 2. The minimum absolute atomic E-state index is 0.0342. The Hall–Kier alpha value is -2.05. The first-order valence-electron chi connectivity index (χ1n) is 10.6. The van der Waals surface area contributed by atoms with E-state index in [-0.39, 0.29) is 31.1 Å². The summed E-state index contributed by atoms with van der Waals surface area (Å²) in [5.74, 6) is 0.393. The summed E-state index contributed by atoms with van der Waals surface area (Å²) in [5, 5.41) is 2.30. The average molecular weight is 432 g/mol. The fourth-order valence-electron chi connectivity index (χ4n) is 3.31. The number of carbonyl (C=O) groups excluding carboxylic acids is 2. The molecule has 0 aliphatic rings. The van der Waals surface area contributed by atoms with E-state index in [0.29, 0.717) is 6.61 Å². The topological polar surface area (TPSA) is 55.8 Å². The van der Waals surface area contributed by atoms with Crippen LogP contribution < -0.4 is 0 Å². The van der Waals surface area contributed by atoms with Gasteiger partial charge in [-0.3, -0.25) is 14.5 Å². The van der Waals surface area contributed by atoms with Crippen LogP contribution >= 0.6 is 11.8 Å². The van der Waals surface area contributed by atoms with E-state index in [1.54, 1.807) is 18.9 Å². The summed E-state index contributed by atoms with van der Waals surface area (Å²) in [5.41, 5.74) is 0.991. The van der Waals surface area contributed by atoms with Gasteiger partial charge >= 0.3 is 11.9 Å². The molecule has 0 bridgehead atoms. The summed E-state index contributed by atoms with van der Waals surface area (Å²) in [6.45, 7) is 6.28. The maximum absolute atomic E-state index is 12.4. The van der Waals surface area contributed by atoms with Crippen molar-refractivity contribution in [1.82, 2.24) is 4.90 Å². The zero-order valence-corrected chi connectivity index (χ0v) is 19.3. The van der Waals surface area contributed by atoms with E-state index < -0.39 is 0 Å². The van der Waals surface area contributed by atoms with Gasteiger partial charge in [-0.1, -0.05) is 50.1 Å². The largest absolute Gasteiger partial charge is 0.465 e. The van der Waals surface area contributed by atoms with Crippen molar-refractivity contribution >= 4 is 34.5 Å². The van der Waals surface area contributed by atoms with E-state index in [4.69, 9.17) is 9.47 Å². The van der Waals surface area contributed by atoms with Crippen molar-refractivity contribution in [2.45, 2.75) is 51.0 Å². The number of rotatable bonds is 12. The molecule has 0 aromatic heterocycles. The summed E-state index contributed by atoms with van der Waals surface area (Å²) in [4.78, 5) is 26.8. The zero-order valence-electron chi connectivity index (χ0n) is 18.5. The number of likely N-dealkylation sites (N-methyl/N-ethyl adjacent to an activating group) is 1. The lowest BCUT2D eigenvalue weighted by atomic mass is 10.0. The van der Waals surface area contributed by atoms with Gasteiger partial charge in [0.15, 0.2) is 0 Å². The number of esters is 2. The van der Waals surface area contributed by atoms with Crippen molar-refractivity contribution in [3.63, 3.8) is 0 Å². The number of benzene rings is 2. The molecule has 1 unspecified atom stereocenters. The maximum Gasteiger partial charge on any atom is 0.320 e. The summed E-state index contributed by atoms with van der Waals surface area (Å²) >= 11 is 1.88. The molecule has 0 N–H and O–H groups in total. The van der Waals surface area contributed by atoms with Gasteiger partial charge in [0.25, 0.3) is 0 Å². The maximum atomic E-state index is 12.4. The highest BCUT2D eigenvalue weighted by molar-refractivity contribution is 7.99. The van der Waals surface area contributed by atoms with Crippen molar-refractivity contribution in [3.8, 4) is 0 Å². The van der Waals surface area contributed by atoms with Crippen LogP contribution in [0.15, 0.2) is 41.3 Å². The van der Waals surface area contributed by atoms with Gasteiger partial charge < -0.3 is 9.47 Å².